The van der Waals surface area contributed by atoms with Crippen LogP contribution in [0.4, 0.5) is 11.4 Å². The minimum Gasteiger partial charge on any atom is -0.244 e. The molecule has 3 heterocycles. The van der Waals surface area contributed by atoms with Crippen molar-refractivity contribution < 1.29 is 0 Å². The summed E-state index contributed by atoms with van der Waals surface area (Å²) in [5.74, 6) is 0. The van der Waals surface area contributed by atoms with Gasteiger partial charge in [-0.25, -0.2) is 20.0 Å². The molecule has 2 aromatic heterocycles. The van der Waals surface area contributed by atoms with E-state index >= 15 is 0 Å². The maximum absolute atomic E-state index is 6.25. The number of pyridine rings is 2. The fourth-order valence-corrected chi connectivity index (χ4v) is 3.62. The summed E-state index contributed by atoms with van der Waals surface area (Å²) in [7, 11) is 0. The van der Waals surface area contributed by atoms with E-state index < -0.39 is 0 Å². The van der Waals surface area contributed by atoms with E-state index in [0.29, 0.717) is 44.5 Å². The number of aliphatic imine (C=N–C) groups is 2. The van der Waals surface area contributed by atoms with E-state index in [1.807, 2.05) is 72.8 Å². The third-order valence-corrected chi connectivity index (χ3v) is 5.11. The summed E-state index contributed by atoms with van der Waals surface area (Å²) in [6.07, 6.45) is 0. The molecule has 0 amide bonds. The molecule has 0 bridgehead atoms. The second-order valence-corrected chi connectivity index (χ2v) is 7.43. The molecule has 0 saturated carbocycles. The highest BCUT2D eigenvalue weighted by atomic mass is 35.5. The molecule has 1 aliphatic heterocycles. The van der Waals surface area contributed by atoms with Crippen molar-refractivity contribution in [3.8, 4) is 0 Å². The Hall–Kier alpha value is -3.34. The lowest BCUT2D eigenvalue weighted by molar-refractivity contribution is 1.22. The number of benzene rings is 2. The maximum Gasteiger partial charge on any atom is 0.130 e. The number of halogens is 2. The molecule has 0 N–H and O–H groups in total. The van der Waals surface area contributed by atoms with Crippen molar-refractivity contribution in [3.63, 3.8) is 0 Å². The van der Waals surface area contributed by atoms with Crippen molar-refractivity contribution in [2.45, 2.75) is 0 Å². The number of hydrogen-bond acceptors (Lipinski definition) is 4. The van der Waals surface area contributed by atoms with Gasteiger partial charge >= 0.3 is 0 Å². The Morgan fingerprint density at radius 2 is 0.867 bits per heavy atom. The van der Waals surface area contributed by atoms with Crippen LogP contribution in [0.1, 0.15) is 22.5 Å². The van der Waals surface area contributed by atoms with Crippen molar-refractivity contribution in [1.82, 2.24) is 9.97 Å². The molecule has 4 nitrogen and oxygen atoms in total. The fraction of sp³-hybridized carbons (Fsp3) is 0. The molecule has 2 aromatic carbocycles. The predicted molar refractivity (Wildman–Crippen MR) is 122 cm³/mol. The van der Waals surface area contributed by atoms with Gasteiger partial charge in [0.05, 0.1) is 22.8 Å². The Labute approximate surface area is 183 Å². The first-order valence-corrected chi connectivity index (χ1v) is 10.1. The highest BCUT2D eigenvalue weighted by Gasteiger charge is 2.22. The van der Waals surface area contributed by atoms with Gasteiger partial charge < -0.3 is 0 Å². The van der Waals surface area contributed by atoms with Crippen molar-refractivity contribution >= 4 is 46.0 Å². The highest BCUT2D eigenvalue weighted by molar-refractivity contribution is 6.31. The Kier molecular flexibility index (Phi) is 4.87. The van der Waals surface area contributed by atoms with Crippen LogP contribution in [0.2, 0.25) is 10.3 Å². The van der Waals surface area contributed by atoms with Gasteiger partial charge in [-0.2, -0.15) is 0 Å². The number of aromatic nitrogens is 2. The van der Waals surface area contributed by atoms with E-state index in [-0.39, 0.29) is 0 Å². The summed E-state index contributed by atoms with van der Waals surface area (Å²) >= 11 is 12.5. The third-order valence-electron chi connectivity index (χ3n) is 4.69. The lowest BCUT2D eigenvalue weighted by Gasteiger charge is -2.17. The summed E-state index contributed by atoms with van der Waals surface area (Å²) in [6, 6.07) is 26.8. The lowest BCUT2D eigenvalue weighted by atomic mass is 10.0. The largest absolute Gasteiger partial charge is 0.244 e. The van der Waals surface area contributed by atoms with Crippen molar-refractivity contribution in [3.05, 3.63) is 118 Å². The molecule has 0 saturated heterocycles. The van der Waals surface area contributed by atoms with Gasteiger partial charge in [0, 0.05) is 11.1 Å². The summed E-state index contributed by atoms with van der Waals surface area (Å²) in [6.45, 7) is 0. The molecule has 30 heavy (non-hydrogen) atoms. The number of fused-ring (bicyclic) bond motifs is 2. The Morgan fingerprint density at radius 3 is 1.27 bits per heavy atom. The zero-order chi connectivity index (χ0) is 20.5. The van der Waals surface area contributed by atoms with E-state index in [9.17, 15) is 0 Å². The molecule has 0 fully saturated rings. The van der Waals surface area contributed by atoms with Crippen LogP contribution < -0.4 is 0 Å². The topological polar surface area (TPSA) is 50.5 Å². The molecule has 5 rings (SSSR count). The normalized spacial score (nSPS) is 12.7. The quantitative estimate of drug-likeness (QED) is 0.304. The average molecular weight is 429 g/mol. The first-order chi connectivity index (χ1) is 14.7. The van der Waals surface area contributed by atoms with Gasteiger partial charge in [-0.3, -0.25) is 0 Å². The second-order valence-electron chi connectivity index (χ2n) is 6.66. The lowest BCUT2D eigenvalue weighted by Crippen LogP contribution is -2.13. The van der Waals surface area contributed by atoms with Crippen molar-refractivity contribution in [1.29, 1.82) is 0 Å². The minimum absolute atomic E-state index is 0.379. The molecular formula is C24H14Cl2N4. The fourth-order valence-electron chi connectivity index (χ4n) is 3.33. The Morgan fingerprint density at radius 1 is 0.467 bits per heavy atom. The molecule has 0 aliphatic carbocycles. The first-order valence-electron chi connectivity index (χ1n) is 9.31. The van der Waals surface area contributed by atoms with Crippen LogP contribution in [0.3, 0.4) is 0 Å². The standard InChI is InChI=1S/C24H14Cl2N4/c25-19-13-11-17-23(29-19)21(15-7-3-1-4-8-15)27-18-12-14-20(26)30-24(18)22(28-17)16-9-5-2-6-10-16/h1-14H. The SMILES string of the molecule is Clc1ccc2c(n1)C(c1ccccc1)=Nc1ccc(Cl)nc1C(c1ccccc1)=N2. The number of nitrogens with zero attached hydrogens (tertiary/aromatic N) is 4. The molecule has 0 unspecified atom stereocenters. The molecule has 1 aliphatic rings. The van der Waals surface area contributed by atoms with Crippen LogP contribution in [0.5, 0.6) is 0 Å². The summed E-state index contributed by atoms with van der Waals surface area (Å²) < 4.78 is 0. The van der Waals surface area contributed by atoms with E-state index in [4.69, 9.17) is 33.2 Å². The van der Waals surface area contributed by atoms with Gasteiger partial charge in [-0.15, -0.1) is 0 Å². The van der Waals surface area contributed by atoms with E-state index in [0.717, 1.165) is 11.1 Å². The molecule has 0 atom stereocenters. The van der Waals surface area contributed by atoms with E-state index in [2.05, 4.69) is 9.97 Å². The molecule has 144 valence electrons. The van der Waals surface area contributed by atoms with Crippen LogP contribution >= 0.6 is 23.2 Å². The zero-order valence-electron chi connectivity index (χ0n) is 15.6. The smallest absolute Gasteiger partial charge is 0.130 e. The van der Waals surface area contributed by atoms with E-state index in [1.54, 1.807) is 12.1 Å². The number of rotatable bonds is 2. The van der Waals surface area contributed by atoms with Crippen LogP contribution in [-0.4, -0.2) is 21.4 Å². The average Bonchev–Trinajstić information content (AvgIpc) is 2.77. The molecular weight excluding hydrogens is 415 g/mol. The summed E-state index contributed by atoms with van der Waals surface area (Å²) in [5.41, 5.74) is 5.72. The summed E-state index contributed by atoms with van der Waals surface area (Å²) in [4.78, 5) is 19.1. The van der Waals surface area contributed by atoms with Crippen LogP contribution in [0.25, 0.3) is 0 Å². The number of hydrogen-bond donors (Lipinski definition) is 0. The van der Waals surface area contributed by atoms with Crippen molar-refractivity contribution in [2.75, 3.05) is 0 Å². The van der Waals surface area contributed by atoms with Gasteiger partial charge in [0.25, 0.3) is 0 Å². The Bertz CT molecular complexity index is 1200. The molecule has 6 heteroatoms. The second kappa shape index (κ2) is 7.82. The van der Waals surface area contributed by atoms with E-state index in [1.165, 1.54) is 0 Å². The minimum atomic E-state index is 0.379. The third kappa shape index (κ3) is 3.52. The zero-order valence-corrected chi connectivity index (χ0v) is 17.1. The molecule has 4 aromatic rings. The highest BCUT2D eigenvalue weighted by Crippen LogP contribution is 2.33. The first kappa shape index (κ1) is 18.7. The Balaban J connectivity index is 1.86. The van der Waals surface area contributed by atoms with Gasteiger partial charge in [-0.05, 0) is 24.3 Å². The van der Waals surface area contributed by atoms with Crippen LogP contribution in [-0.2, 0) is 0 Å². The van der Waals surface area contributed by atoms with Crippen molar-refractivity contribution in [2.24, 2.45) is 9.98 Å². The monoisotopic (exact) mass is 428 g/mol. The van der Waals surface area contributed by atoms with Crippen LogP contribution in [0.15, 0.2) is 94.9 Å². The van der Waals surface area contributed by atoms with Gasteiger partial charge in [0.1, 0.15) is 21.7 Å². The molecule has 0 radical (unpaired) electrons. The molecule has 0 spiro atoms. The summed E-state index contributed by atoms with van der Waals surface area (Å²) in [5, 5.41) is 0.757. The van der Waals surface area contributed by atoms with Gasteiger partial charge in [0.2, 0.25) is 0 Å². The predicted octanol–water partition coefficient (Wildman–Crippen LogP) is 6.44. The van der Waals surface area contributed by atoms with Gasteiger partial charge in [0.15, 0.2) is 0 Å². The maximum atomic E-state index is 6.25. The van der Waals surface area contributed by atoms with Crippen LogP contribution in [0, 0.1) is 0 Å². The van der Waals surface area contributed by atoms with Gasteiger partial charge in [-0.1, -0.05) is 83.9 Å².